The molecule has 0 aromatic carbocycles. The largest absolute Gasteiger partial charge is 0.467 e. The van der Waals surface area contributed by atoms with Crippen LogP contribution in [0.5, 0.6) is 6.01 Å². The topological polar surface area (TPSA) is 52.0 Å². The van der Waals surface area contributed by atoms with Gasteiger partial charge in [0.25, 0.3) is 0 Å². The van der Waals surface area contributed by atoms with E-state index in [0.29, 0.717) is 6.01 Å². The molecule has 2 heterocycles. The highest BCUT2D eigenvalue weighted by atomic mass is 16.5. The standard InChI is InChI=1S/C6H10N4O/c1-11-6-9-8-5-4-7-2-3-10(5)6/h7H,2-4H2,1H3. The molecule has 1 aliphatic rings. The van der Waals surface area contributed by atoms with Gasteiger partial charge >= 0.3 is 6.01 Å². The molecule has 0 bridgehead atoms. The summed E-state index contributed by atoms with van der Waals surface area (Å²) in [6.07, 6.45) is 0. The normalized spacial score (nSPS) is 16.1. The second kappa shape index (κ2) is 2.50. The number of nitrogens with one attached hydrogen (secondary N) is 1. The van der Waals surface area contributed by atoms with E-state index in [0.717, 1.165) is 25.5 Å². The fourth-order valence-corrected chi connectivity index (χ4v) is 1.22. The van der Waals surface area contributed by atoms with Crippen LogP contribution in [0.1, 0.15) is 5.82 Å². The predicted molar refractivity (Wildman–Crippen MR) is 38.3 cm³/mol. The van der Waals surface area contributed by atoms with Crippen molar-refractivity contribution in [3.8, 4) is 6.01 Å². The molecule has 60 valence electrons. The lowest BCUT2D eigenvalue weighted by Crippen LogP contribution is -2.28. The van der Waals surface area contributed by atoms with Gasteiger partial charge in [-0.25, -0.2) is 0 Å². The third-order valence-electron chi connectivity index (χ3n) is 1.77. The van der Waals surface area contributed by atoms with Crippen LogP contribution in [0, 0.1) is 0 Å². The lowest BCUT2D eigenvalue weighted by molar-refractivity contribution is 0.344. The van der Waals surface area contributed by atoms with Crippen LogP contribution in [-0.4, -0.2) is 28.4 Å². The third-order valence-corrected chi connectivity index (χ3v) is 1.77. The molecule has 2 rings (SSSR count). The van der Waals surface area contributed by atoms with Crippen molar-refractivity contribution in [3.05, 3.63) is 5.82 Å². The second-order valence-corrected chi connectivity index (χ2v) is 2.43. The quantitative estimate of drug-likeness (QED) is 0.586. The summed E-state index contributed by atoms with van der Waals surface area (Å²) in [5, 5.41) is 11.0. The van der Waals surface area contributed by atoms with E-state index in [9.17, 15) is 0 Å². The van der Waals surface area contributed by atoms with Gasteiger partial charge in [-0.15, -0.1) is 5.10 Å². The van der Waals surface area contributed by atoms with Gasteiger partial charge in [-0.3, -0.25) is 4.57 Å². The Balaban J connectivity index is 2.38. The van der Waals surface area contributed by atoms with Gasteiger partial charge in [0.2, 0.25) is 0 Å². The third kappa shape index (κ3) is 0.970. The molecule has 5 heteroatoms. The average Bonchev–Trinajstić information content (AvgIpc) is 2.47. The molecule has 5 nitrogen and oxygen atoms in total. The summed E-state index contributed by atoms with van der Waals surface area (Å²) in [6.45, 7) is 2.64. The van der Waals surface area contributed by atoms with Crippen LogP contribution in [0.25, 0.3) is 0 Å². The summed E-state index contributed by atoms with van der Waals surface area (Å²) in [5.74, 6) is 0.952. The van der Waals surface area contributed by atoms with E-state index in [1.54, 1.807) is 7.11 Å². The maximum absolute atomic E-state index is 5.01. The van der Waals surface area contributed by atoms with Crippen molar-refractivity contribution in [2.75, 3.05) is 13.7 Å². The van der Waals surface area contributed by atoms with Crippen LogP contribution in [0.3, 0.4) is 0 Å². The molecule has 0 spiro atoms. The summed E-state index contributed by atoms with van der Waals surface area (Å²) in [7, 11) is 1.61. The van der Waals surface area contributed by atoms with Gasteiger partial charge in [0.15, 0.2) is 0 Å². The summed E-state index contributed by atoms with van der Waals surface area (Å²) >= 11 is 0. The molecule has 1 aromatic heterocycles. The molecule has 1 N–H and O–H groups in total. The van der Waals surface area contributed by atoms with Crippen LogP contribution in [0.15, 0.2) is 0 Å². The van der Waals surface area contributed by atoms with Crippen LogP contribution in [0.2, 0.25) is 0 Å². The average molecular weight is 154 g/mol. The Hall–Kier alpha value is -1.10. The molecule has 0 fully saturated rings. The summed E-state index contributed by atoms with van der Waals surface area (Å²) in [6, 6.07) is 0.613. The van der Waals surface area contributed by atoms with Crippen molar-refractivity contribution in [1.82, 2.24) is 20.1 Å². The van der Waals surface area contributed by atoms with Crippen LogP contribution in [-0.2, 0) is 13.1 Å². The highest BCUT2D eigenvalue weighted by molar-refractivity contribution is 5.02. The van der Waals surface area contributed by atoms with E-state index in [1.165, 1.54) is 0 Å². The van der Waals surface area contributed by atoms with Crippen LogP contribution >= 0.6 is 0 Å². The number of fused-ring (bicyclic) bond motifs is 1. The minimum atomic E-state index is 0.613. The molecule has 1 aliphatic heterocycles. The zero-order valence-electron chi connectivity index (χ0n) is 6.37. The predicted octanol–water partition coefficient (Wildman–Crippen LogP) is -0.610. The van der Waals surface area contributed by atoms with Gasteiger partial charge in [-0.1, -0.05) is 5.10 Å². The number of rotatable bonds is 1. The van der Waals surface area contributed by atoms with Gasteiger partial charge in [-0.05, 0) is 0 Å². The Kier molecular flexibility index (Phi) is 1.50. The Morgan fingerprint density at radius 3 is 3.27 bits per heavy atom. The first-order chi connectivity index (χ1) is 5.42. The smallest absolute Gasteiger partial charge is 0.316 e. The highest BCUT2D eigenvalue weighted by Gasteiger charge is 2.14. The van der Waals surface area contributed by atoms with Crippen LogP contribution in [0.4, 0.5) is 0 Å². The second-order valence-electron chi connectivity index (χ2n) is 2.43. The molecule has 0 atom stereocenters. The van der Waals surface area contributed by atoms with Crippen LogP contribution < -0.4 is 10.1 Å². The minimum Gasteiger partial charge on any atom is -0.467 e. The maximum atomic E-state index is 5.01. The molecular formula is C6H10N4O. The van der Waals surface area contributed by atoms with Crippen molar-refractivity contribution in [1.29, 1.82) is 0 Å². The number of ether oxygens (including phenoxy) is 1. The molecule has 1 aromatic rings. The van der Waals surface area contributed by atoms with Gasteiger partial charge in [0, 0.05) is 13.1 Å². The Labute approximate surface area is 64.4 Å². The molecule has 0 aliphatic carbocycles. The summed E-state index contributed by atoms with van der Waals surface area (Å²) < 4.78 is 7.00. The molecule has 0 unspecified atom stereocenters. The zero-order chi connectivity index (χ0) is 7.68. The first-order valence-corrected chi connectivity index (χ1v) is 3.58. The summed E-state index contributed by atoms with van der Waals surface area (Å²) in [5.41, 5.74) is 0. The molecule has 11 heavy (non-hydrogen) atoms. The van der Waals surface area contributed by atoms with Crippen molar-refractivity contribution in [3.63, 3.8) is 0 Å². The van der Waals surface area contributed by atoms with Gasteiger partial charge in [0.1, 0.15) is 5.82 Å². The van der Waals surface area contributed by atoms with Gasteiger partial charge in [0.05, 0.1) is 13.7 Å². The minimum absolute atomic E-state index is 0.613. The molecule has 0 radical (unpaired) electrons. The fraction of sp³-hybridized carbons (Fsp3) is 0.667. The highest BCUT2D eigenvalue weighted by Crippen LogP contribution is 2.11. The van der Waals surface area contributed by atoms with E-state index in [2.05, 4.69) is 15.5 Å². The number of nitrogens with zero attached hydrogens (tertiary/aromatic N) is 3. The monoisotopic (exact) mass is 154 g/mol. The molecule has 0 amide bonds. The molecular weight excluding hydrogens is 144 g/mol. The van der Waals surface area contributed by atoms with Gasteiger partial charge in [-0.2, -0.15) is 0 Å². The lowest BCUT2D eigenvalue weighted by Gasteiger charge is -2.14. The van der Waals surface area contributed by atoms with E-state index < -0.39 is 0 Å². The van der Waals surface area contributed by atoms with E-state index >= 15 is 0 Å². The SMILES string of the molecule is COc1nnc2n1CCNC2. The van der Waals surface area contributed by atoms with Gasteiger partial charge < -0.3 is 10.1 Å². The number of aromatic nitrogens is 3. The van der Waals surface area contributed by atoms with Crippen molar-refractivity contribution >= 4 is 0 Å². The number of methoxy groups -OCH3 is 1. The Morgan fingerprint density at radius 1 is 1.55 bits per heavy atom. The zero-order valence-corrected chi connectivity index (χ0v) is 6.37. The van der Waals surface area contributed by atoms with E-state index in [-0.39, 0.29) is 0 Å². The van der Waals surface area contributed by atoms with E-state index in [4.69, 9.17) is 4.74 Å². The fourth-order valence-electron chi connectivity index (χ4n) is 1.22. The number of hydrogen-bond acceptors (Lipinski definition) is 4. The van der Waals surface area contributed by atoms with Crippen molar-refractivity contribution in [2.45, 2.75) is 13.1 Å². The van der Waals surface area contributed by atoms with Crippen molar-refractivity contribution < 1.29 is 4.74 Å². The maximum Gasteiger partial charge on any atom is 0.316 e. The first-order valence-electron chi connectivity index (χ1n) is 3.58. The first kappa shape index (κ1) is 6.60. The number of hydrogen-bond donors (Lipinski definition) is 1. The Morgan fingerprint density at radius 2 is 2.45 bits per heavy atom. The van der Waals surface area contributed by atoms with Crippen molar-refractivity contribution in [2.24, 2.45) is 0 Å². The molecule has 0 saturated carbocycles. The summed E-state index contributed by atoms with van der Waals surface area (Å²) in [4.78, 5) is 0. The molecule has 0 saturated heterocycles. The van der Waals surface area contributed by atoms with E-state index in [1.807, 2.05) is 4.57 Å². The lowest BCUT2D eigenvalue weighted by atomic mass is 10.4. The Bertz CT molecular complexity index is 244.